The zero-order valence-corrected chi connectivity index (χ0v) is 9.58. The van der Waals surface area contributed by atoms with Crippen LogP contribution >= 0.6 is 31.9 Å². The number of aryl methyl sites for hydroxylation is 1. The van der Waals surface area contributed by atoms with Crippen LogP contribution in [0.2, 0.25) is 0 Å². The molecule has 2 N–H and O–H groups in total. The molecule has 0 radical (unpaired) electrons. The quantitative estimate of drug-likeness (QED) is 0.723. The lowest BCUT2D eigenvalue weighted by Crippen LogP contribution is -1.93. The molecule has 0 saturated heterocycles. The van der Waals surface area contributed by atoms with Gasteiger partial charge in [0.25, 0.3) is 0 Å². The van der Waals surface area contributed by atoms with Crippen LogP contribution < -0.4 is 5.73 Å². The Morgan fingerprint density at radius 2 is 1.82 bits per heavy atom. The number of halogens is 2. The van der Waals surface area contributed by atoms with E-state index in [1.165, 1.54) is 0 Å². The summed E-state index contributed by atoms with van der Waals surface area (Å²) in [5.41, 5.74) is 8.86. The van der Waals surface area contributed by atoms with Gasteiger partial charge in [0, 0.05) is 8.95 Å². The zero-order chi connectivity index (χ0) is 8.59. The molecule has 0 heterocycles. The van der Waals surface area contributed by atoms with Crippen LogP contribution in [0.3, 0.4) is 0 Å². The van der Waals surface area contributed by atoms with Gasteiger partial charge in [0.05, 0.1) is 5.69 Å². The van der Waals surface area contributed by atoms with Crippen molar-refractivity contribution < 1.29 is 0 Å². The second kappa shape index (κ2) is 3.15. The van der Waals surface area contributed by atoms with E-state index in [1.807, 2.05) is 13.8 Å². The van der Waals surface area contributed by atoms with Crippen molar-refractivity contribution in [1.82, 2.24) is 0 Å². The Balaban J connectivity index is 3.46. The summed E-state index contributed by atoms with van der Waals surface area (Å²) < 4.78 is 2.06. The monoisotopic (exact) mass is 277 g/mol. The van der Waals surface area contributed by atoms with Crippen LogP contribution in [0.15, 0.2) is 15.0 Å². The molecule has 0 aliphatic rings. The summed E-state index contributed by atoms with van der Waals surface area (Å²) in [7, 11) is 0. The highest BCUT2D eigenvalue weighted by atomic mass is 79.9. The first-order chi connectivity index (χ1) is 5.04. The van der Waals surface area contributed by atoms with Crippen molar-refractivity contribution >= 4 is 37.5 Å². The highest BCUT2D eigenvalue weighted by Gasteiger charge is 2.05. The number of benzene rings is 1. The summed E-state index contributed by atoms with van der Waals surface area (Å²) >= 11 is 6.85. The largest absolute Gasteiger partial charge is 0.398 e. The lowest BCUT2D eigenvalue weighted by molar-refractivity contribution is 1.34. The van der Waals surface area contributed by atoms with E-state index in [9.17, 15) is 0 Å². The number of nitrogen functional groups attached to an aromatic ring is 1. The highest BCUT2D eigenvalue weighted by Crippen LogP contribution is 2.32. The number of rotatable bonds is 0. The van der Waals surface area contributed by atoms with E-state index in [4.69, 9.17) is 5.73 Å². The molecule has 1 rings (SSSR count). The van der Waals surface area contributed by atoms with Crippen molar-refractivity contribution in [2.45, 2.75) is 13.8 Å². The topological polar surface area (TPSA) is 26.0 Å². The van der Waals surface area contributed by atoms with Gasteiger partial charge < -0.3 is 5.73 Å². The Bertz CT molecular complexity index is 268. The third kappa shape index (κ3) is 1.59. The molecule has 0 amide bonds. The van der Waals surface area contributed by atoms with E-state index in [0.29, 0.717) is 0 Å². The van der Waals surface area contributed by atoms with Crippen LogP contribution in [0.25, 0.3) is 0 Å². The minimum atomic E-state index is 0.817. The van der Waals surface area contributed by atoms with Crippen molar-refractivity contribution in [3.8, 4) is 0 Å². The lowest BCUT2D eigenvalue weighted by atomic mass is 10.1. The highest BCUT2D eigenvalue weighted by molar-refractivity contribution is 9.11. The smallest absolute Gasteiger partial charge is 0.0502 e. The van der Waals surface area contributed by atoms with Crippen molar-refractivity contribution in [1.29, 1.82) is 0 Å². The Kier molecular flexibility index (Phi) is 2.60. The maximum absolute atomic E-state index is 5.81. The molecule has 1 aromatic rings. The first-order valence-electron chi connectivity index (χ1n) is 3.24. The zero-order valence-electron chi connectivity index (χ0n) is 6.41. The number of hydrogen-bond donors (Lipinski definition) is 1. The fourth-order valence-corrected chi connectivity index (χ4v) is 1.84. The first-order valence-corrected chi connectivity index (χ1v) is 4.83. The molecule has 0 atom stereocenters. The molecule has 0 spiro atoms. The molecule has 11 heavy (non-hydrogen) atoms. The predicted molar refractivity (Wildman–Crippen MR) is 55.7 cm³/mol. The van der Waals surface area contributed by atoms with Gasteiger partial charge in [-0.15, -0.1) is 0 Å². The van der Waals surface area contributed by atoms with Gasteiger partial charge in [-0.25, -0.2) is 0 Å². The number of nitrogens with two attached hydrogens (primary N) is 1. The Morgan fingerprint density at radius 1 is 1.27 bits per heavy atom. The Morgan fingerprint density at radius 3 is 2.36 bits per heavy atom. The van der Waals surface area contributed by atoms with E-state index in [-0.39, 0.29) is 0 Å². The van der Waals surface area contributed by atoms with Crippen LogP contribution in [0.4, 0.5) is 5.69 Å². The maximum atomic E-state index is 5.81. The molecular formula is C8H9Br2N. The van der Waals surface area contributed by atoms with Gasteiger partial charge in [-0.1, -0.05) is 15.9 Å². The van der Waals surface area contributed by atoms with E-state index in [1.54, 1.807) is 0 Å². The van der Waals surface area contributed by atoms with Gasteiger partial charge in [0.15, 0.2) is 0 Å². The maximum Gasteiger partial charge on any atom is 0.0502 e. The van der Waals surface area contributed by atoms with Gasteiger partial charge in [0.2, 0.25) is 0 Å². The van der Waals surface area contributed by atoms with Gasteiger partial charge in [-0.2, -0.15) is 0 Å². The average Bonchev–Trinajstić information content (AvgIpc) is 1.97. The van der Waals surface area contributed by atoms with Crippen molar-refractivity contribution in [2.24, 2.45) is 0 Å². The van der Waals surface area contributed by atoms with Gasteiger partial charge in [0.1, 0.15) is 0 Å². The Labute approximate surface area is 83.2 Å². The molecule has 0 saturated carbocycles. The summed E-state index contributed by atoms with van der Waals surface area (Å²) in [5.74, 6) is 0. The minimum Gasteiger partial charge on any atom is -0.398 e. The number of hydrogen-bond acceptors (Lipinski definition) is 1. The summed E-state index contributed by atoms with van der Waals surface area (Å²) in [6.07, 6.45) is 0. The van der Waals surface area contributed by atoms with E-state index in [0.717, 1.165) is 25.8 Å². The predicted octanol–water partition coefficient (Wildman–Crippen LogP) is 3.41. The average molecular weight is 279 g/mol. The fourth-order valence-electron chi connectivity index (χ4n) is 0.867. The van der Waals surface area contributed by atoms with E-state index < -0.39 is 0 Å². The fraction of sp³-hybridized carbons (Fsp3) is 0.250. The summed E-state index contributed by atoms with van der Waals surface area (Å²) in [5, 5.41) is 0. The SMILES string of the molecule is Cc1cc(Br)c(C)c(N)c1Br. The van der Waals surface area contributed by atoms with Crippen LogP contribution in [0.5, 0.6) is 0 Å². The van der Waals surface area contributed by atoms with Gasteiger partial charge >= 0.3 is 0 Å². The molecule has 0 aromatic heterocycles. The second-order valence-corrected chi connectivity index (χ2v) is 4.18. The summed E-state index contributed by atoms with van der Waals surface area (Å²) in [4.78, 5) is 0. The van der Waals surface area contributed by atoms with Gasteiger partial charge in [-0.3, -0.25) is 0 Å². The lowest BCUT2D eigenvalue weighted by Gasteiger charge is -2.07. The molecule has 0 aliphatic carbocycles. The molecule has 1 nitrogen and oxygen atoms in total. The standard InChI is InChI=1S/C8H9Br2N/c1-4-3-6(9)5(2)8(11)7(4)10/h3H,11H2,1-2H3. The molecule has 60 valence electrons. The van der Waals surface area contributed by atoms with E-state index >= 15 is 0 Å². The molecule has 1 aromatic carbocycles. The summed E-state index contributed by atoms with van der Waals surface area (Å²) in [6, 6.07) is 2.05. The third-order valence-electron chi connectivity index (χ3n) is 1.69. The second-order valence-electron chi connectivity index (χ2n) is 2.53. The third-order valence-corrected chi connectivity index (χ3v) is 3.56. The molecule has 0 fully saturated rings. The summed E-state index contributed by atoms with van der Waals surface area (Å²) in [6.45, 7) is 4.01. The van der Waals surface area contributed by atoms with Gasteiger partial charge in [-0.05, 0) is 47.0 Å². The Hall–Kier alpha value is -0.0200. The number of anilines is 1. The minimum absolute atomic E-state index is 0.817. The van der Waals surface area contributed by atoms with E-state index in [2.05, 4.69) is 37.9 Å². The normalized spacial score (nSPS) is 10.2. The van der Waals surface area contributed by atoms with Crippen molar-refractivity contribution in [2.75, 3.05) is 5.73 Å². The molecule has 0 aliphatic heterocycles. The molecular weight excluding hydrogens is 270 g/mol. The first kappa shape index (κ1) is 9.07. The van der Waals surface area contributed by atoms with Crippen molar-refractivity contribution in [3.63, 3.8) is 0 Å². The van der Waals surface area contributed by atoms with Crippen LogP contribution in [-0.2, 0) is 0 Å². The van der Waals surface area contributed by atoms with Crippen LogP contribution in [0.1, 0.15) is 11.1 Å². The van der Waals surface area contributed by atoms with Crippen LogP contribution in [-0.4, -0.2) is 0 Å². The molecule has 3 heteroatoms. The van der Waals surface area contributed by atoms with Crippen molar-refractivity contribution in [3.05, 3.63) is 26.1 Å². The molecule has 0 unspecified atom stereocenters. The van der Waals surface area contributed by atoms with Crippen LogP contribution in [0, 0.1) is 13.8 Å². The molecule has 0 bridgehead atoms.